The molecular formula is C13H26FNO3S. The summed E-state index contributed by atoms with van der Waals surface area (Å²) >= 11 is 0. The maximum Gasteiger partial charge on any atom is 0.155 e. The Morgan fingerprint density at radius 2 is 1.95 bits per heavy atom. The van der Waals surface area contributed by atoms with Gasteiger partial charge in [-0.05, 0) is 40.5 Å². The van der Waals surface area contributed by atoms with Crippen LogP contribution in [0.5, 0.6) is 0 Å². The van der Waals surface area contributed by atoms with Crippen LogP contribution in [0.4, 0.5) is 4.39 Å². The van der Waals surface area contributed by atoms with Crippen LogP contribution in [0, 0.1) is 0 Å². The van der Waals surface area contributed by atoms with Crippen LogP contribution in [0.3, 0.4) is 0 Å². The zero-order chi connectivity index (χ0) is 14.7. The first-order chi connectivity index (χ1) is 8.54. The van der Waals surface area contributed by atoms with E-state index in [4.69, 9.17) is 4.74 Å². The molecule has 114 valence electrons. The van der Waals surface area contributed by atoms with Gasteiger partial charge in [-0.1, -0.05) is 0 Å². The Balaban J connectivity index is 2.50. The summed E-state index contributed by atoms with van der Waals surface area (Å²) in [7, 11) is -3.26. The minimum Gasteiger partial charge on any atom is -0.379 e. The normalized spacial score (nSPS) is 25.0. The average Bonchev–Trinajstić information content (AvgIpc) is 2.26. The Hall–Kier alpha value is -0.200. The summed E-state index contributed by atoms with van der Waals surface area (Å²) in [6, 6.07) is -0.0268. The number of alkyl halides is 1. The van der Waals surface area contributed by atoms with Gasteiger partial charge in [-0.3, -0.25) is 0 Å². The Bertz CT molecular complexity index is 381. The van der Waals surface area contributed by atoms with Crippen LogP contribution >= 0.6 is 0 Å². The first-order valence-electron chi connectivity index (χ1n) is 6.76. The fourth-order valence-corrected chi connectivity index (χ4v) is 3.33. The van der Waals surface area contributed by atoms with E-state index >= 15 is 0 Å². The SMILES string of the molecule is CC(F)(CCS(=O)(=O)C(C)(C)C)CC1COCCN1. The van der Waals surface area contributed by atoms with E-state index in [9.17, 15) is 12.8 Å². The van der Waals surface area contributed by atoms with Crippen molar-refractivity contribution in [2.24, 2.45) is 0 Å². The molecule has 1 N–H and O–H groups in total. The van der Waals surface area contributed by atoms with E-state index in [0.717, 1.165) is 6.54 Å². The van der Waals surface area contributed by atoms with Crippen molar-refractivity contribution in [2.75, 3.05) is 25.5 Å². The van der Waals surface area contributed by atoms with Gasteiger partial charge in [0.2, 0.25) is 0 Å². The Kier molecular flexibility index (Phi) is 5.37. The smallest absolute Gasteiger partial charge is 0.155 e. The van der Waals surface area contributed by atoms with Crippen LogP contribution in [0.15, 0.2) is 0 Å². The van der Waals surface area contributed by atoms with Gasteiger partial charge < -0.3 is 10.1 Å². The van der Waals surface area contributed by atoms with Crippen LogP contribution in [0.1, 0.15) is 40.5 Å². The molecule has 0 aromatic heterocycles. The van der Waals surface area contributed by atoms with E-state index in [-0.39, 0.29) is 24.6 Å². The highest BCUT2D eigenvalue weighted by Crippen LogP contribution is 2.26. The third-order valence-electron chi connectivity index (χ3n) is 3.50. The maximum atomic E-state index is 14.4. The lowest BCUT2D eigenvalue weighted by molar-refractivity contribution is 0.0474. The fourth-order valence-electron chi connectivity index (χ4n) is 2.02. The van der Waals surface area contributed by atoms with Gasteiger partial charge in [0.05, 0.1) is 23.7 Å². The Morgan fingerprint density at radius 1 is 1.32 bits per heavy atom. The minimum absolute atomic E-state index is 0.0268. The summed E-state index contributed by atoms with van der Waals surface area (Å²) in [5, 5.41) is 3.19. The van der Waals surface area contributed by atoms with Crippen LogP contribution in [0.2, 0.25) is 0 Å². The summed E-state index contributed by atoms with van der Waals surface area (Å²) in [6.45, 7) is 8.28. The van der Waals surface area contributed by atoms with Crippen molar-refractivity contribution in [2.45, 2.75) is 57.0 Å². The number of halogens is 1. The molecule has 0 aromatic rings. The topological polar surface area (TPSA) is 55.4 Å². The summed E-state index contributed by atoms with van der Waals surface area (Å²) in [4.78, 5) is 0. The van der Waals surface area contributed by atoms with Crippen LogP contribution < -0.4 is 5.32 Å². The van der Waals surface area contributed by atoms with Gasteiger partial charge in [0.15, 0.2) is 9.84 Å². The molecule has 0 aromatic carbocycles. The van der Waals surface area contributed by atoms with Gasteiger partial charge in [0.1, 0.15) is 5.67 Å². The van der Waals surface area contributed by atoms with Crippen molar-refractivity contribution >= 4 is 9.84 Å². The monoisotopic (exact) mass is 295 g/mol. The molecule has 0 radical (unpaired) electrons. The molecule has 1 heterocycles. The first-order valence-corrected chi connectivity index (χ1v) is 8.41. The van der Waals surface area contributed by atoms with E-state index in [2.05, 4.69) is 5.32 Å². The third kappa shape index (κ3) is 5.36. The number of sulfone groups is 1. The van der Waals surface area contributed by atoms with Crippen LogP contribution in [-0.4, -0.2) is 50.4 Å². The molecule has 1 fully saturated rings. The van der Waals surface area contributed by atoms with E-state index in [1.54, 1.807) is 20.8 Å². The first kappa shape index (κ1) is 16.9. The number of hydrogen-bond donors (Lipinski definition) is 1. The second-order valence-corrected chi connectivity index (χ2v) is 9.39. The number of hydrogen-bond acceptors (Lipinski definition) is 4. The molecule has 2 atom stereocenters. The molecule has 0 saturated carbocycles. The summed E-state index contributed by atoms with van der Waals surface area (Å²) in [6.07, 6.45) is 0.317. The number of ether oxygens (including phenoxy) is 1. The molecule has 1 rings (SSSR count). The van der Waals surface area contributed by atoms with Crippen molar-refractivity contribution < 1.29 is 17.5 Å². The lowest BCUT2D eigenvalue weighted by atomic mass is 9.96. The van der Waals surface area contributed by atoms with Crippen molar-refractivity contribution in [1.82, 2.24) is 5.32 Å². The van der Waals surface area contributed by atoms with Crippen molar-refractivity contribution in [1.29, 1.82) is 0 Å². The van der Waals surface area contributed by atoms with Gasteiger partial charge in [-0.25, -0.2) is 12.8 Å². The van der Waals surface area contributed by atoms with Crippen LogP contribution in [-0.2, 0) is 14.6 Å². The average molecular weight is 295 g/mol. The molecule has 19 heavy (non-hydrogen) atoms. The number of nitrogens with one attached hydrogen (secondary N) is 1. The lowest BCUT2D eigenvalue weighted by Gasteiger charge is -2.30. The highest BCUT2D eigenvalue weighted by Gasteiger charge is 2.34. The summed E-state index contributed by atoms with van der Waals surface area (Å²) < 4.78 is 42.9. The zero-order valence-corrected chi connectivity index (χ0v) is 13.1. The van der Waals surface area contributed by atoms with Gasteiger partial charge in [-0.2, -0.15) is 0 Å². The van der Waals surface area contributed by atoms with E-state index < -0.39 is 20.3 Å². The molecule has 0 aliphatic carbocycles. The van der Waals surface area contributed by atoms with E-state index in [0.29, 0.717) is 13.2 Å². The van der Waals surface area contributed by atoms with E-state index in [1.165, 1.54) is 6.92 Å². The van der Waals surface area contributed by atoms with Gasteiger partial charge >= 0.3 is 0 Å². The molecule has 6 heteroatoms. The minimum atomic E-state index is -3.26. The second kappa shape index (κ2) is 6.06. The van der Waals surface area contributed by atoms with E-state index in [1.807, 2.05) is 0 Å². The summed E-state index contributed by atoms with van der Waals surface area (Å²) in [5.41, 5.74) is -1.49. The van der Waals surface area contributed by atoms with Gasteiger partial charge in [0, 0.05) is 12.6 Å². The Labute approximate surface area is 116 Å². The van der Waals surface area contributed by atoms with Gasteiger partial charge in [-0.15, -0.1) is 0 Å². The predicted octanol–water partition coefficient (Wildman–Crippen LogP) is 1.70. The molecule has 0 amide bonds. The zero-order valence-electron chi connectivity index (χ0n) is 12.3. The molecule has 1 aliphatic heterocycles. The molecule has 0 spiro atoms. The quantitative estimate of drug-likeness (QED) is 0.839. The highest BCUT2D eigenvalue weighted by molar-refractivity contribution is 7.92. The highest BCUT2D eigenvalue weighted by atomic mass is 32.2. The lowest BCUT2D eigenvalue weighted by Crippen LogP contribution is -2.45. The molecular weight excluding hydrogens is 269 g/mol. The summed E-state index contributed by atoms with van der Waals surface area (Å²) in [5.74, 6) is -0.114. The largest absolute Gasteiger partial charge is 0.379 e. The predicted molar refractivity (Wildman–Crippen MR) is 74.9 cm³/mol. The maximum absolute atomic E-state index is 14.4. The molecule has 2 unspecified atom stereocenters. The second-order valence-electron chi connectivity index (χ2n) is 6.52. The molecule has 1 aliphatic rings. The third-order valence-corrected chi connectivity index (χ3v) is 6.10. The van der Waals surface area contributed by atoms with Crippen molar-refractivity contribution in [3.63, 3.8) is 0 Å². The fraction of sp³-hybridized carbons (Fsp3) is 1.00. The molecule has 4 nitrogen and oxygen atoms in total. The number of rotatable bonds is 5. The van der Waals surface area contributed by atoms with Crippen LogP contribution in [0.25, 0.3) is 0 Å². The van der Waals surface area contributed by atoms with Crippen molar-refractivity contribution in [3.8, 4) is 0 Å². The van der Waals surface area contributed by atoms with Gasteiger partial charge in [0.25, 0.3) is 0 Å². The molecule has 1 saturated heterocycles. The standard InChI is InChI=1S/C13H26FNO3S/c1-12(2,3)19(16,17)8-5-13(4,14)9-11-10-18-7-6-15-11/h11,15H,5-10H2,1-4H3. The molecule has 0 bridgehead atoms. The number of morpholine rings is 1. The Morgan fingerprint density at radius 3 is 2.42 bits per heavy atom. The van der Waals surface area contributed by atoms with Crippen molar-refractivity contribution in [3.05, 3.63) is 0 Å².